The number of para-hydroxylation sites is 1. The average molecular weight is 331 g/mol. The van der Waals surface area contributed by atoms with Crippen molar-refractivity contribution in [3.05, 3.63) is 65.1 Å². The Kier molecular flexibility index (Phi) is 3.46. The van der Waals surface area contributed by atoms with Crippen LogP contribution in [0, 0.1) is 6.92 Å². The van der Waals surface area contributed by atoms with Gasteiger partial charge in [0.1, 0.15) is 0 Å². The minimum atomic E-state index is 0.612. The van der Waals surface area contributed by atoms with E-state index in [2.05, 4.69) is 57.9 Å². The minimum absolute atomic E-state index is 0.612. The number of nitrogens with zero attached hydrogens (tertiary/aromatic N) is 3. The molecule has 0 amide bonds. The number of aryl methyl sites for hydroxylation is 3. The predicted octanol–water partition coefficient (Wildman–Crippen LogP) is 4.28. The van der Waals surface area contributed by atoms with Crippen molar-refractivity contribution < 1.29 is 0 Å². The Balaban J connectivity index is 1.57. The van der Waals surface area contributed by atoms with Gasteiger partial charge >= 0.3 is 0 Å². The third kappa shape index (κ3) is 2.33. The molecule has 1 saturated heterocycles. The molecule has 0 spiro atoms. The van der Waals surface area contributed by atoms with E-state index in [1.807, 2.05) is 13.1 Å². The Bertz CT molecular complexity index is 922. The van der Waals surface area contributed by atoms with Crippen LogP contribution in [0.2, 0.25) is 0 Å². The second kappa shape index (κ2) is 5.70. The van der Waals surface area contributed by atoms with Gasteiger partial charge in [0.2, 0.25) is 0 Å². The number of likely N-dealkylation sites (N-methyl/N-ethyl adjacent to an activating group) is 1. The zero-order chi connectivity index (χ0) is 17.0. The first-order chi connectivity index (χ1) is 12.2. The van der Waals surface area contributed by atoms with Gasteiger partial charge in [0, 0.05) is 53.5 Å². The third-order valence-corrected chi connectivity index (χ3v) is 6.32. The van der Waals surface area contributed by atoms with Crippen LogP contribution in [-0.4, -0.2) is 27.5 Å². The van der Waals surface area contributed by atoms with Crippen molar-refractivity contribution in [1.82, 2.24) is 14.5 Å². The maximum Gasteiger partial charge on any atom is 0.0486 e. The molecule has 2 aliphatic heterocycles. The number of hydrogen-bond acceptors (Lipinski definition) is 2. The minimum Gasteiger partial charge on any atom is -0.344 e. The van der Waals surface area contributed by atoms with E-state index in [-0.39, 0.29) is 0 Å². The van der Waals surface area contributed by atoms with E-state index in [0.29, 0.717) is 6.04 Å². The predicted molar refractivity (Wildman–Crippen MR) is 102 cm³/mol. The summed E-state index contributed by atoms with van der Waals surface area (Å²) in [6, 6.07) is 14.7. The number of rotatable bonds is 3. The van der Waals surface area contributed by atoms with E-state index in [1.54, 1.807) is 11.3 Å². The van der Waals surface area contributed by atoms with Crippen molar-refractivity contribution in [2.24, 2.45) is 0 Å². The van der Waals surface area contributed by atoms with E-state index in [4.69, 9.17) is 0 Å². The fourth-order valence-corrected chi connectivity index (χ4v) is 4.95. The van der Waals surface area contributed by atoms with Gasteiger partial charge in [0.15, 0.2) is 0 Å². The largest absolute Gasteiger partial charge is 0.344 e. The molecule has 2 aliphatic rings. The smallest absolute Gasteiger partial charge is 0.0486 e. The SMILES string of the molecule is Cc1ccc(CCn2c3c(c4ccccc42)[C@H]2CC[C@@H](C3)N2C)cn1. The van der Waals surface area contributed by atoms with Gasteiger partial charge in [-0.25, -0.2) is 0 Å². The van der Waals surface area contributed by atoms with E-state index < -0.39 is 0 Å². The highest BCUT2D eigenvalue weighted by Gasteiger charge is 2.40. The summed E-state index contributed by atoms with van der Waals surface area (Å²) in [5, 5.41) is 1.47. The molecule has 4 heterocycles. The first-order valence-electron chi connectivity index (χ1n) is 9.46. The maximum absolute atomic E-state index is 4.46. The van der Waals surface area contributed by atoms with Crippen LogP contribution in [0.25, 0.3) is 10.9 Å². The van der Waals surface area contributed by atoms with Crippen molar-refractivity contribution in [1.29, 1.82) is 0 Å². The molecule has 3 nitrogen and oxygen atoms in total. The number of benzene rings is 1. The zero-order valence-electron chi connectivity index (χ0n) is 15.1. The molecule has 1 fully saturated rings. The summed E-state index contributed by atoms with van der Waals surface area (Å²) in [5.41, 5.74) is 7.02. The summed E-state index contributed by atoms with van der Waals surface area (Å²) >= 11 is 0. The van der Waals surface area contributed by atoms with E-state index in [1.165, 1.54) is 35.7 Å². The second-order valence-electron chi connectivity index (χ2n) is 7.70. The topological polar surface area (TPSA) is 21.1 Å². The Morgan fingerprint density at radius 3 is 2.84 bits per heavy atom. The lowest BCUT2D eigenvalue weighted by Crippen LogP contribution is -2.34. The lowest BCUT2D eigenvalue weighted by molar-refractivity contribution is 0.222. The molecule has 0 N–H and O–H groups in total. The van der Waals surface area contributed by atoms with E-state index in [9.17, 15) is 0 Å². The van der Waals surface area contributed by atoms with Crippen molar-refractivity contribution in [3.63, 3.8) is 0 Å². The molecule has 3 aromatic rings. The lowest BCUT2D eigenvalue weighted by Gasteiger charge is -2.32. The average Bonchev–Trinajstić information content (AvgIpc) is 3.05. The molecule has 3 heteroatoms. The molecule has 0 unspecified atom stereocenters. The molecule has 0 radical (unpaired) electrons. The molecule has 5 rings (SSSR count). The second-order valence-corrected chi connectivity index (χ2v) is 7.70. The normalized spacial score (nSPS) is 22.5. The summed E-state index contributed by atoms with van der Waals surface area (Å²) < 4.78 is 2.60. The van der Waals surface area contributed by atoms with Crippen molar-refractivity contribution in [2.45, 2.75) is 51.2 Å². The third-order valence-electron chi connectivity index (χ3n) is 6.32. The Labute approximate surface area is 149 Å². The van der Waals surface area contributed by atoms with Gasteiger partial charge in [-0.1, -0.05) is 24.3 Å². The molecule has 2 aromatic heterocycles. The van der Waals surface area contributed by atoms with E-state index in [0.717, 1.165) is 24.7 Å². The van der Waals surface area contributed by atoms with Gasteiger partial charge in [-0.05, 0) is 56.5 Å². The first kappa shape index (κ1) is 15.2. The fourth-order valence-electron chi connectivity index (χ4n) is 4.95. The highest BCUT2D eigenvalue weighted by molar-refractivity contribution is 5.86. The van der Waals surface area contributed by atoms with Crippen molar-refractivity contribution in [3.8, 4) is 0 Å². The standard InChI is InChI=1S/C22H25N3/c1-15-7-8-16(14-23-15)11-12-25-19-6-4-3-5-18(19)22-20-10-9-17(24(20)2)13-21(22)25/h3-8,14,17,20H,9-13H2,1-2H3/t17-,20+/m0/s1. The van der Waals surface area contributed by atoms with Gasteiger partial charge in [0.25, 0.3) is 0 Å². The number of fused-ring (bicyclic) bond motifs is 6. The van der Waals surface area contributed by atoms with Gasteiger partial charge < -0.3 is 4.57 Å². The van der Waals surface area contributed by atoms with Crippen LogP contribution in [0.5, 0.6) is 0 Å². The summed E-state index contributed by atoms with van der Waals surface area (Å²) in [7, 11) is 2.31. The molecule has 128 valence electrons. The molecular weight excluding hydrogens is 306 g/mol. The van der Waals surface area contributed by atoms with Crippen LogP contribution < -0.4 is 0 Å². The fraction of sp³-hybridized carbons (Fsp3) is 0.409. The van der Waals surface area contributed by atoms with Crippen molar-refractivity contribution in [2.75, 3.05) is 7.05 Å². The molecule has 2 bridgehead atoms. The van der Waals surface area contributed by atoms with E-state index >= 15 is 0 Å². The molecule has 2 atom stereocenters. The molecule has 1 aromatic carbocycles. The summed E-state index contributed by atoms with van der Waals surface area (Å²) in [6.07, 6.45) is 6.92. The molecular formula is C22H25N3. The van der Waals surface area contributed by atoms with Crippen molar-refractivity contribution >= 4 is 10.9 Å². The monoisotopic (exact) mass is 331 g/mol. The zero-order valence-corrected chi connectivity index (χ0v) is 15.1. The maximum atomic E-state index is 4.46. The van der Waals surface area contributed by atoms with Crippen LogP contribution in [0.15, 0.2) is 42.6 Å². The number of hydrogen-bond donors (Lipinski definition) is 0. The van der Waals surface area contributed by atoms with Gasteiger partial charge in [0.05, 0.1) is 0 Å². The summed E-state index contributed by atoms with van der Waals surface area (Å²) in [4.78, 5) is 7.07. The summed E-state index contributed by atoms with van der Waals surface area (Å²) in [6.45, 7) is 3.09. The molecule has 0 saturated carbocycles. The Morgan fingerprint density at radius 1 is 1.12 bits per heavy atom. The van der Waals surface area contributed by atoms with Crippen LogP contribution in [-0.2, 0) is 19.4 Å². The van der Waals surface area contributed by atoms with Gasteiger partial charge in [-0.15, -0.1) is 0 Å². The molecule has 0 aliphatic carbocycles. The quantitative estimate of drug-likeness (QED) is 0.714. The van der Waals surface area contributed by atoms with Crippen LogP contribution in [0.3, 0.4) is 0 Å². The van der Waals surface area contributed by atoms with Crippen LogP contribution >= 0.6 is 0 Å². The van der Waals surface area contributed by atoms with Gasteiger partial charge in [-0.2, -0.15) is 0 Å². The first-order valence-corrected chi connectivity index (χ1v) is 9.46. The van der Waals surface area contributed by atoms with Crippen LogP contribution in [0.4, 0.5) is 0 Å². The summed E-state index contributed by atoms with van der Waals surface area (Å²) in [5.74, 6) is 0. The van der Waals surface area contributed by atoms with Gasteiger partial charge in [-0.3, -0.25) is 9.88 Å². The van der Waals surface area contributed by atoms with Crippen LogP contribution in [0.1, 0.15) is 41.4 Å². The number of aromatic nitrogens is 2. The highest BCUT2D eigenvalue weighted by Crippen LogP contribution is 2.46. The Morgan fingerprint density at radius 2 is 2.00 bits per heavy atom. The Hall–Kier alpha value is -2.13. The lowest BCUT2D eigenvalue weighted by atomic mass is 9.97. The molecule has 25 heavy (non-hydrogen) atoms. The highest BCUT2D eigenvalue weighted by atomic mass is 15.2. The number of pyridine rings is 1.